The number of sulfonamides is 2. The topological polar surface area (TPSA) is 120 Å². The highest BCUT2D eigenvalue weighted by molar-refractivity contribution is 7.89. The molecule has 1 aromatic carbocycles. The van der Waals surface area contributed by atoms with Gasteiger partial charge in [0.05, 0.1) is 10.6 Å². The molecule has 1 saturated heterocycles. The summed E-state index contributed by atoms with van der Waals surface area (Å²) in [5.74, 6) is 0.154. The summed E-state index contributed by atoms with van der Waals surface area (Å²) in [6.07, 6.45) is 1.71. The monoisotopic (exact) mass is 509 g/mol. The zero-order chi connectivity index (χ0) is 24.8. The minimum absolute atomic E-state index is 0.0406. The fourth-order valence-corrected chi connectivity index (χ4v) is 6.55. The molecule has 0 spiro atoms. The maximum atomic E-state index is 12.7. The number of anilines is 1. The van der Waals surface area contributed by atoms with Gasteiger partial charge in [-0.15, -0.1) is 0 Å². The highest BCUT2D eigenvalue weighted by Crippen LogP contribution is 2.17. The molecule has 1 aliphatic rings. The normalized spacial score (nSPS) is 15.4. The number of benzene rings is 1. The maximum Gasteiger partial charge on any atom is 0.251 e. The Labute approximate surface area is 201 Å². The van der Waals surface area contributed by atoms with Gasteiger partial charge in [0.15, 0.2) is 0 Å². The SMILES string of the molecule is CCN(CC)S(=O)(=O)c1ccc(C(=O)NCCS(=O)(=O)N2CCN(c3ccccn3)CC2)cc1. The Morgan fingerprint density at radius 2 is 1.62 bits per heavy atom. The van der Waals surface area contributed by atoms with E-state index in [9.17, 15) is 21.6 Å². The Balaban J connectivity index is 1.50. The molecule has 0 aliphatic carbocycles. The summed E-state index contributed by atoms with van der Waals surface area (Å²) >= 11 is 0. The summed E-state index contributed by atoms with van der Waals surface area (Å²) in [7, 11) is -7.13. The molecule has 0 unspecified atom stereocenters. The minimum Gasteiger partial charge on any atom is -0.354 e. The van der Waals surface area contributed by atoms with E-state index in [2.05, 4.69) is 10.3 Å². The van der Waals surface area contributed by atoms with Crippen molar-refractivity contribution in [3.8, 4) is 0 Å². The van der Waals surface area contributed by atoms with Crippen molar-refractivity contribution in [2.45, 2.75) is 18.7 Å². The molecule has 0 radical (unpaired) electrons. The molecule has 0 atom stereocenters. The first kappa shape index (κ1) is 26.1. The van der Waals surface area contributed by atoms with Crippen LogP contribution in [0.5, 0.6) is 0 Å². The Morgan fingerprint density at radius 1 is 0.971 bits per heavy atom. The first-order chi connectivity index (χ1) is 16.2. The van der Waals surface area contributed by atoms with Crippen molar-refractivity contribution in [2.24, 2.45) is 0 Å². The lowest BCUT2D eigenvalue weighted by molar-refractivity contribution is 0.0956. The summed E-state index contributed by atoms with van der Waals surface area (Å²) < 4.78 is 53.3. The number of nitrogens with zero attached hydrogens (tertiary/aromatic N) is 4. The van der Waals surface area contributed by atoms with Gasteiger partial charge >= 0.3 is 0 Å². The Kier molecular flexibility index (Phi) is 8.63. The van der Waals surface area contributed by atoms with E-state index in [1.807, 2.05) is 23.1 Å². The predicted molar refractivity (Wildman–Crippen MR) is 131 cm³/mol. The van der Waals surface area contributed by atoms with Crippen molar-refractivity contribution in [1.82, 2.24) is 18.9 Å². The number of carbonyl (C=O) groups excluding carboxylic acids is 1. The molecule has 1 aliphatic heterocycles. The molecule has 0 bridgehead atoms. The fraction of sp³-hybridized carbons (Fsp3) is 0.455. The third-order valence-corrected chi connectivity index (χ3v) is 9.65. The molecule has 3 rings (SSSR count). The van der Waals surface area contributed by atoms with Gasteiger partial charge in [-0.3, -0.25) is 4.79 Å². The molecule has 34 heavy (non-hydrogen) atoms. The molecule has 1 fully saturated rings. The molecule has 0 saturated carbocycles. The summed E-state index contributed by atoms with van der Waals surface area (Å²) in [5, 5.41) is 2.61. The van der Waals surface area contributed by atoms with Crippen LogP contribution in [-0.2, 0) is 20.0 Å². The zero-order valence-corrected chi connectivity index (χ0v) is 21.1. The average molecular weight is 510 g/mol. The van der Waals surface area contributed by atoms with Crippen LogP contribution < -0.4 is 10.2 Å². The molecular formula is C22H31N5O5S2. The second kappa shape index (κ2) is 11.3. The lowest BCUT2D eigenvalue weighted by Crippen LogP contribution is -2.50. The van der Waals surface area contributed by atoms with E-state index in [4.69, 9.17) is 0 Å². The van der Waals surface area contributed by atoms with E-state index in [-0.39, 0.29) is 22.8 Å². The van der Waals surface area contributed by atoms with Crippen molar-refractivity contribution in [3.05, 3.63) is 54.2 Å². The van der Waals surface area contributed by atoms with Crippen LogP contribution in [0.2, 0.25) is 0 Å². The second-order valence-electron chi connectivity index (χ2n) is 7.76. The van der Waals surface area contributed by atoms with Gasteiger partial charge in [-0.1, -0.05) is 19.9 Å². The third-order valence-electron chi connectivity index (χ3n) is 5.71. The van der Waals surface area contributed by atoms with Crippen LogP contribution in [0.25, 0.3) is 0 Å². The molecule has 1 N–H and O–H groups in total. The Bertz CT molecular complexity index is 1160. The predicted octanol–water partition coefficient (Wildman–Crippen LogP) is 0.994. The Hall–Kier alpha value is -2.54. The molecule has 12 heteroatoms. The van der Waals surface area contributed by atoms with Crippen LogP contribution in [0.1, 0.15) is 24.2 Å². The molecule has 1 amide bonds. The first-order valence-corrected chi connectivity index (χ1v) is 14.3. The quantitative estimate of drug-likeness (QED) is 0.507. The lowest BCUT2D eigenvalue weighted by Gasteiger charge is -2.34. The summed E-state index contributed by atoms with van der Waals surface area (Å²) in [6, 6.07) is 11.3. The number of piperazine rings is 1. The van der Waals surface area contributed by atoms with E-state index in [0.29, 0.717) is 39.3 Å². The summed E-state index contributed by atoms with van der Waals surface area (Å²) in [5.41, 5.74) is 0.264. The van der Waals surface area contributed by atoms with Crippen LogP contribution in [0.4, 0.5) is 5.82 Å². The van der Waals surface area contributed by atoms with Crippen molar-refractivity contribution in [3.63, 3.8) is 0 Å². The van der Waals surface area contributed by atoms with Crippen LogP contribution in [0, 0.1) is 0 Å². The van der Waals surface area contributed by atoms with E-state index < -0.39 is 26.0 Å². The fourth-order valence-electron chi connectivity index (χ4n) is 3.75. The van der Waals surface area contributed by atoms with Crippen molar-refractivity contribution < 1.29 is 21.6 Å². The number of amides is 1. The third kappa shape index (κ3) is 6.12. The van der Waals surface area contributed by atoms with Gasteiger partial charge in [-0.2, -0.15) is 8.61 Å². The average Bonchev–Trinajstić information content (AvgIpc) is 2.85. The Morgan fingerprint density at radius 3 is 2.18 bits per heavy atom. The minimum atomic E-state index is -3.60. The number of nitrogens with one attached hydrogen (secondary N) is 1. The molecule has 1 aromatic heterocycles. The van der Waals surface area contributed by atoms with Gasteiger partial charge in [0, 0.05) is 57.6 Å². The lowest BCUT2D eigenvalue weighted by atomic mass is 10.2. The largest absolute Gasteiger partial charge is 0.354 e. The highest BCUT2D eigenvalue weighted by Gasteiger charge is 2.27. The molecule has 2 heterocycles. The number of hydrogen-bond donors (Lipinski definition) is 1. The molecular weight excluding hydrogens is 478 g/mol. The number of pyridine rings is 1. The van der Waals surface area contributed by atoms with Crippen LogP contribution >= 0.6 is 0 Å². The van der Waals surface area contributed by atoms with Gasteiger partial charge in [0.1, 0.15) is 5.82 Å². The smallest absolute Gasteiger partial charge is 0.251 e. The number of aromatic nitrogens is 1. The summed E-state index contributed by atoms with van der Waals surface area (Å²) in [4.78, 5) is 18.9. The van der Waals surface area contributed by atoms with Gasteiger partial charge in [0.25, 0.3) is 5.91 Å². The van der Waals surface area contributed by atoms with Crippen molar-refractivity contribution >= 4 is 31.8 Å². The van der Waals surface area contributed by atoms with E-state index in [0.717, 1.165) is 5.82 Å². The standard InChI is InChI=1S/C22H31N5O5S2/c1-3-26(4-2)34(31,32)20-10-8-19(9-11-20)22(28)24-13-18-33(29,30)27-16-14-25(15-17-27)21-7-5-6-12-23-21/h5-12H,3-4,13-18H2,1-2H3,(H,24,28). The zero-order valence-electron chi connectivity index (χ0n) is 19.4. The van der Waals surface area contributed by atoms with Crippen molar-refractivity contribution in [2.75, 3.05) is 56.5 Å². The van der Waals surface area contributed by atoms with Gasteiger partial charge < -0.3 is 10.2 Å². The van der Waals surface area contributed by atoms with E-state index >= 15 is 0 Å². The number of hydrogen-bond acceptors (Lipinski definition) is 7. The van der Waals surface area contributed by atoms with E-state index in [1.165, 1.54) is 32.9 Å². The highest BCUT2D eigenvalue weighted by atomic mass is 32.2. The molecule has 186 valence electrons. The number of rotatable bonds is 10. The van der Waals surface area contributed by atoms with Gasteiger partial charge in [-0.25, -0.2) is 21.8 Å². The number of carbonyl (C=O) groups is 1. The second-order valence-corrected chi connectivity index (χ2v) is 11.8. The van der Waals surface area contributed by atoms with Gasteiger partial charge in [-0.05, 0) is 36.4 Å². The molecule has 10 nitrogen and oxygen atoms in total. The van der Waals surface area contributed by atoms with Crippen molar-refractivity contribution in [1.29, 1.82) is 0 Å². The summed E-state index contributed by atoms with van der Waals surface area (Å²) in [6.45, 7) is 6.00. The van der Waals surface area contributed by atoms with E-state index in [1.54, 1.807) is 20.0 Å². The van der Waals surface area contributed by atoms with Crippen LogP contribution in [0.15, 0.2) is 53.6 Å². The molecule has 2 aromatic rings. The maximum absolute atomic E-state index is 12.7. The van der Waals surface area contributed by atoms with Gasteiger partial charge in [0.2, 0.25) is 20.0 Å². The van der Waals surface area contributed by atoms with Crippen LogP contribution in [0.3, 0.4) is 0 Å². The first-order valence-electron chi connectivity index (χ1n) is 11.2. The van der Waals surface area contributed by atoms with Crippen LogP contribution in [-0.4, -0.2) is 87.9 Å².